The van der Waals surface area contributed by atoms with E-state index in [1.165, 1.54) is 16.7 Å². The molecule has 1 heterocycles. The highest BCUT2D eigenvalue weighted by Crippen LogP contribution is 2.33. The molecule has 1 aliphatic heterocycles. The summed E-state index contributed by atoms with van der Waals surface area (Å²) in [5.74, 6) is -0.0122. The standard InChI is InChI=1S/C17H15BrN2OS/c1-11-2-8-14(9-3-11)20-16(21)15(22-17(20)19)10-12-4-6-13(18)7-5-12/h2-9,15,19H,10H2,1H3. The Morgan fingerprint density at radius 1 is 1.14 bits per heavy atom. The van der Waals surface area contributed by atoms with Crippen LogP contribution in [0, 0.1) is 12.3 Å². The molecular formula is C17H15BrN2OS. The molecule has 1 amide bonds. The molecule has 0 radical (unpaired) electrons. The van der Waals surface area contributed by atoms with Crippen LogP contribution in [0.1, 0.15) is 11.1 Å². The molecule has 22 heavy (non-hydrogen) atoms. The first-order chi connectivity index (χ1) is 10.5. The number of nitrogens with zero attached hydrogens (tertiary/aromatic N) is 1. The first-order valence-corrected chi connectivity index (χ1v) is 8.62. The topological polar surface area (TPSA) is 44.2 Å². The summed E-state index contributed by atoms with van der Waals surface area (Å²) in [6.45, 7) is 2.01. The molecular weight excluding hydrogens is 360 g/mol. The van der Waals surface area contributed by atoms with Gasteiger partial charge in [0, 0.05) is 4.47 Å². The van der Waals surface area contributed by atoms with E-state index >= 15 is 0 Å². The van der Waals surface area contributed by atoms with Gasteiger partial charge in [0.1, 0.15) is 0 Å². The predicted molar refractivity (Wildman–Crippen MR) is 95.6 cm³/mol. The van der Waals surface area contributed by atoms with Crippen LogP contribution in [-0.4, -0.2) is 16.3 Å². The SMILES string of the molecule is Cc1ccc(N2C(=N)SC(Cc3ccc(Br)cc3)C2=O)cc1. The third kappa shape index (κ3) is 3.10. The molecule has 0 saturated carbocycles. The van der Waals surface area contributed by atoms with Gasteiger partial charge in [-0.05, 0) is 43.2 Å². The molecule has 1 saturated heterocycles. The first kappa shape index (κ1) is 15.3. The van der Waals surface area contributed by atoms with Gasteiger partial charge in [0.05, 0.1) is 10.9 Å². The monoisotopic (exact) mass is 374 g/mol. The summed E-state index contributed by atoms with van der Waals surface area (Å²) in [6, 6.07) is 15.7. The van der Waals surface area contributed by atoms with Crippen LogP contribution in [0.2, 0.25) is 0 Å². The quantitative estimate of drug-likeness (QED) is 0.865. The van der Waals surface area contributed by atoms with E-state index in [0.29, 0.717) is 11.6 Å². The van der Waals surface area contributed by atoms with Gasteiger partial charge in [-0.1, -0.05) is 57.5 Å². The second kappa shape index (κ2) is 6.26. The summed E-state index contributed by atoms with van der Waals surface area (Å²) in [6.07, 6.45) is 0.640. The number of carbonyl (C=O) groups excluding carboxylic acids is 1. The third-order valence-electron chi connectivity index (χ3n) is 3.58. The zero-order chi connectivity index (χ0) is 15.7. The highest BCUT2D eigenvalue weighted by molar-refractivity contribution is 9.10. The van der Waals surface area contributed by atoms with Crippen LogP contribution in [0.15, 0.2) is 53.0 Å². The molecule has 2 aromatic carbocycles. The molecule has 3 nitrogen and oxygen atoms in total. The molecule has 0 bridgehead atoms. The van der Waals surface area contributed by atoms with Crippen molar-refractivity contribution in [2.45, 2.75) is 18.6 Å². The Bertz CT molecular complexity index is 712. The van der Waals surface area contributed by atoms with Gasteiger partial charge in [-0.3, -0.25) is 15.1 Å². The van der Waals surface area contributed by atoms with E-state index in [1.54, 1.807) is 0 Å². The Kier molecular flexibility index (Phi) is 4.36. The van der Waals surface area contributed by atoms with Crippen molar-refractivity contribution >= 4 is 44.5 Å². The van der Waals surface area contributed by atoms with E-state index in [4.69, 9.17) is 5.41 Å². The van der Waals surface area contributed by atoms with E-state index in [2.05, 4.69) is 15.9 Å². The van der Waals surface area contributed by atoms with Gasteiger partial charge < -0.3 is 0 Å². The number of thioether (sulfide) groups is 1. The summed E-state index contributed by atoms with van der Waals surface area (Å²) in [7, 11) is 0. The van der Waals surface area contributed by atoms with Crippen molar-refractivity contribution in [2.75, 3.05) is 4.90 Å². The normalized spacial score (nSPS) is 18.1. The summed E-state index contributed by atoms with van der Waals surface area (Å²) < 4.78 is 1.02. The highest BCUT2D eigenvalue weighted by atomic mass is 79.9. The Balaban J connectivity index is 1.79. The van der Waals surface area contributed by atoms with Crippen LogP contribution < -0.4 is 4.90 Å². The molecule has 0 spiro atoms. The number of anilines is 1. The van der Waals surface area contributed by atoms with Gasteiger partial charge in [-0.2, -0.15) is 0 Å². The van der Waals surface area contributed by atoms with Crippen LogP contribution >= 0.6 is 27.7 Å². The van der Waals surface area contributed by atoms with Crippen LogP contribution in [0.25, 0.3) is 0 Å². The second-order valence-corrected chi connectivity index (χ2v) is 7.36. The van der Waals surface area contributed by atoms with Crippen LogP contribution in [-0.2, 0) is 11.2 Å². The highest BCUT2D eigenvalue weighted by Gasteiger charge is 2.37. The van der Waals surface area contributed by atoms with Crippen molar-refractivity contribution in [3.63, 3.8) is 0 Å². The van der Waals surface area contributed by atoms with Gasteiger partial charge in [-0.25, -0.2) is 0 Å². The number of hydrogen-bond donors (Lipinski definition) is 1. The second-order valence-electron chi connectivity index (χ2n) is 5.25. The molecule has 1 N–H and O–H groups in total. The predicted octanol–water partition coefficient (Wildman–Crippen LogP) is 4.38. The number of aryl methyl sites for hydroxylation is 1. The zero-order valence-electron chi connectivity index (χ0n) is 12.0. The fraction of sp³-hybridized carbons (Fsp3) is 0.176. The largest absolute Gasteiger partial charge is 0.278 e. The number of amides is 1. The fourth-order valence-electron chi connectivity index (χ4n) is 2.38. The van der Waals surface area contributed by atoms with E-state index in [9.17, 15) is 4.79 Å². The number of rotatable bonds is 3. The van der Waals surface area contributed by atoms with Crippen molar-refractivity contribution in [3.05, 3.63) is 64.1 Å². The van der Waals surface area contributed by atoms with Crippen LogP contribution in [0.4, 0.5) is 5.69 Å². The first-order valence-electron chi connectivity index (χ1n) is 6.95. The summed E-state index contributed by atoms with van der Waals surface area (Å²) in [5, 5.41) is 8.19. The zero-order valence-corrected chi connectivity index (χ0v) is 14.4. The maximum absolute atomic E-state index is 12.6. The number of benzene rings is 2. The summed E-state index contributed by atoms with van der Waals surface area (Å²) >= 11 is 4.74. The lowest BCUT2D eigenvalue weighted by molar-refractivity contribution is -0.116. The minimum Gasteiger partial charge on any atom is -0.278 e. The van der Waals surface area contributed by atoms with E-state index in [-0.39, 0.29) is 11.2 Å². The molecule has 0 aromatic heterocycles. The van der Waals surface area contributed by atoms with Crippen molar-refractivity contribution in [2.24, 2.45) is 0 Å². The van der Waals surface area contributed by atoms with Crippen LogP contribution in [0.5, 0.6) is 0 Å². The molecule has 2 aromatic rings. The van der Waals surface area contributed by atoms with Gasteiger partial charge in [0.25, 0.3) is 0 Å². The molecule has 3 rings (SSSR count). The number of amidine groups is 1. The van der Waals surface area contributed by atoms with E-state index in [0.717, 1.165) is 21.3 Å². The third-order valence-corrected chi connectivity index (χ3v) is 5.17. The molecule has 1 atom stereocenters. The van der Waals surface area contributed by atoms with Crippen LogP contribution in [0.3, 0.4) is 0 Å². The summed E-state index contributed by atoms with van der Waals surface area (Å²) in [5.41, 5.74) is 3.01. The maximum atomic E-state index is 12.6. The van der Waals surface area contributed by atoms with Crippen molar-refractivity contribution in [1.29, 1.82) is 5.41 Å². The molecule has 0 aliphatic carbocycles. The minimum atomic E-state index is -0.227. The smallest absolute Gasteiger partial charge is 0.247 e. The molecule has 5 heteroatoms. The van der Waals surface area contributed by atoms with Crippen molar-refractivity contribution < 1.29 is 4.79 Å². The average molecular weight is 375 g/mol. The molecule has 1 unspecified atom stereocenters. The van der Waals surface area contributed by atoms with Gasteiger partial charge >= 0.3 is 0 Å². The maximum Gasteiger partial charge on any atom is 0.247 e. The van der Waals surface area contributed by atoms with Gasteiger partial charge in [0.15, 0.2) is 5.17 Å². The van der Waals surface area contributed by atoms with Gasteiger partial charge in [0.2, 0.25) is 5.91 Å². The average Bonchev–Trinajstić information content (AvgIpc) is 2.77. The Labute approximate surface area is 142 Å². The lowest BCUT2D eigenvalue weighted by atomic mass is 10.1. The van der Waals surface area contributed by atoms with E-state index in [1.807, 2.05) is 55.5 Å². The number of nitrogens with one attached hydrogen (secondary N) is 1. The Morgan fingerprint density at radius 2 is 1.77 bits per heavy atom. The number of carbonyl (C=O) groups is 1. The van der Waals surface area contributed by atoms with Gasteiger partial charge in [-0.15, -0.1) is 0 Å². The lowest BCUT2D eigenvalue weighted by Gasteiger charge is -2.15. The Morgan fingerprint density at radius 3 is 2.41 bits per heavy atom. The Hall–Kier alpha value is -1.59. The molecule has 1 aliphatic rings. The van der Waals surface area contributed by atoms with Crippen molar-refractivity contribution in [1.82, 2.24) is 0 Å². The molecule has 112 valence electrons. The van der Waals surface area contributed by atoms with Crippen molar-refractivity contribution in [3.8, 4) is 0 Å². The summed E-state index contributed by atoms with van der Waals surface area (Å²) in [4.78, 5) is 14.1. The lowest BCUT2D eigenvalue weighted by Crippen LogP contribution is -2.32. The fourth-order valence-corrected chi connectivity index (χ4v) is 3.70. The molecule has 1 fully saturated rings. The van der Waals surface area contributed by atoms with E-state index < -0.39 is 0 Å². The number of halogens is 1. The minimum absolute atomic E-state index is 0.0122. The number of hydrogen-bond acceptors (Lipinski definition) is 3.